The molecule has 0 aliphatic carbocycles. The van der Waals surface area contributed by atoms with E-state index < -0.39 is 47.5 Å². The second kappa shape index (κ2) is 8.76. The first-order valence-electron chi connectivity index (χ1n) is 6.73. The number of unbranched alkanes of at least 4 members (excludes halogenated alkanes) is 1. The van der Waals surface area contributed by atoms with E-state index in [1.165, 1.54) is 0 Å². The number of rotatable bonds is 8. The zero-order valence-electron chi connectivity index (χ0n) is 12.0. The summed E-state index contributed by atoms with van der Waals surface area (Å²) in [7, 11) is 0. The molecule has 0 aliphatic heterocycles. The molecule has 3 N–H and O–H groups in total. The average Bonchev–Trinajstić information content (AvgIpc) is 2.50. The van der Waals surface area contributed by atoms with E-state index in [-0.39, 0.29) is 12.8 Å². The van der Waals surface area contributed by atoms with Gasteiger partial charge in [0.1, 0.15) is 0 Å². The van der Waals surface area contributed by atoms with Crippen molar-refractivity contribution >= 4 is 23.5 Å². The monoisotopic (exact) mass is 332 g/mol. The summed E-state index contributed by atoms with van der Waals surface area (Å²) in [5, 5.41) is 12.7. The molecule has 0 radical (unpaired) electrons. The van der Waals surface area contributed by atoms with Gasteiger partial charge in [0.15, 0.2) is 17.5 Å². The quantitative estimate of drug-likeness (QED) is 0.500. The largest absolute Gasteiger partial charge is 0.481 e. The number of benzene rings is 1. The number of hydrogen-bond acceptors (Lipinski definition) is 3. The molecule has 0 atom stereocenters. The van der Waals surface area contributed by atoms with Gasteiger partial charge in [-0.3, -0.25) is 14.4 Å². The van der Waals surface area contributed by atoms with Crippen molar-refractivity contribution in [2.24, 2.45) is 0 Å². The lowest BCUT2D eigenvalue weighted by Gasteiger charge is -2.08. The minimum absolute atomic E-state index is 0.0418. The number of carbonyl (C=O) groups excluding carboxylic acids is 2. The van der Waals surface area contributed by atoms with Crippen LogP contribution in [-0.2, 0) is 14.4 Å². The Morgan fingerprint density at radius 3 is 2.26 bits per heavy atom. The number of anilines is 1. The predicted octanol–water partition coefficient (Wildman–Crippen LogP) is 1.80. The summed E-state index contributed by atoms with van der Waals surface area (Å²) >= 11 is 0. The number of nitrogens with one attached hydrogen (secondary N) is 2. The first kappa shape index (κ1) is 18.5. The van der Waals surface area contributed by atoms with Gasteiger partial charge in [0.05, 0.1) is 12.2 Å². The molecule has 0 fully saturated rings. The molecule has 9 heteroatoms. The third-order valence-electron chi connectivity index (χ3n) is 2.80. The van der Waals surface area contributed by atoms with Crippen LogP contribution in [0.2, 0.25) is 0 Å². The smallest absolute Gasteiger partial charge is 0.303 e. The van der Waals surface area contributed by atoms with Crippen molar-refractivity contribution in [3.05, 3.63) is 29.6 Å². The van der Waals surface area contributed by atoms with Crippen LogP contribution >= 0.6 is 0 Å². The summed E-state index contributed by atoms with van der Waals surface area (Å²) in [6.45, 7) is -0.476. The molecule has 0 spiro atoms. The lowest BCUT2D eigenvalue weighted by molar-refractivity contribution is -0.137. The maximum atomic E-state index is 13.3. The van der Waals surface area contributed by atoms with E-state index in [0.29, 0.717) is 18.9 Å². The fraction of sp³-hybridized carbons (Fsp3) is 0.357. The topological polar surface area (TPSA) is 95.5 Å². The molecular weight excluding hydrogens is 317 g/mol. The predicted molar refractivity (Wildman–Crippen MR) is 74.1 cm³/mol. The fourth-order valence-corrected chi connectivity index (χ4v) is 1.65. The molecule has 1 rings (SSSR count). The molecule has 23 heavy (non-hydrogen) atoms. The van der Waals surface area contributed by atoms with Gasteiger partial charge in [-0.2, -0.15) is 0 Å². The van der Waals surface area contributed by atoms with Crippen LogP contribution in [0.3, 0.4) is 0 Å². The first-order chi connectivity index (χ1) is 10.8. The van der Waals surface area contributed by atoms with Gasteiger partial charge in [0.25, 0.3) is 0 Å². The van der Waals surface area contributed by atoms with E-state index in [9.17, 15) is 27.6 Å². The van der Waals surface area contributed by atoms with E-state index in [1.807, 2.05) is 5.32 Å². The Hall–Kier alpha value is -2.58. The van der Waals surface area contributed by atoms with Crippen LogP contribution in [0.4, 0.5) is 18.9 Å². The summed E-state index contributed by atoms with van der Waals surface area (Å²) < 4.78 is 39.0. The van der Waals surface area contributed by atoms with Crippen LogP contribution in [0.15, 0.2) is 12.1 Å². The Kier molecular flexibility index (Phi) is 7.04. The summed E-state index contributed by atoms with van der Waals surface area (Å²) in [6.07, 6.45) is 0.663. The first-order valence-corrected chi connectivity index (χ1v) is 6.73. The molecule has 0 saturated carbocycles. The second-order valence-corrected chi connectivity index (χ2v) is 4.65. The SMILES string of the molecule is O=C(O)CCCCC(=O)NCC(=O)Nc1ccc(F)c(F)c1F. The molecule has 6 nitrogen and oxygen atoms in total. The number of carboxylic acid groups (broad SMARTS) is 1. The number of carboxylic acids is 1. The number of hydrogen-bond donors (Lipinski definition) is 3. The number of carbonyl (C=O) groups is 3. The zero-order valence-corrected chi connectivity index (χ0v) is 12.0. The third-order valence-corrected chi connectivity index (χ3v) is 2.80. The molecule has 126 valence electrons. The Morgan fingerprint density at radius 2 is 1.61 bits per heavy atom. The van der Waals surface area contributed by atoms with Crippen LogP contribution < -0.4 is 10.6 Å². The minimum atomic E-state index is -1.70. The van der Waals surface area contributed by atoms with Crippen LogP contribution in [0.25, 0.3) is 0 Å². The van der Waals surface area contributed by atoms with Gasteiger partial charge in [0.2, 0.25) is 11.8 Å². The van der Waals surface area contributed by atoms with Crippen molar-refractivity contribution in [2.75, 3.05) is 11.9 Å². The molecule has 0 aromatic heterocycles. The Bertz CT molecular complexity index is 608. The maximum absolute atomic E-state index is 13.3. The molecule has 0 aliphatic rings. The van der Waals surface area contributed by atoms with Crippen LogP contribution in [-0.4, -0.2) is 29.4 Å². The number of halogens is 3. The normalized spacial score (nSPS) is 10.2. The van der Waals surface area contributed by atoms with Gasteiger partial charge in [-0.1, -0.05) is 0 Å². The molecule has 1 aromatic rings. The van der Waals surface area contributed by atoms with Crippen molar-refractivity contribution in [3.63, 3.8) is 0 Å². The van der Waals surface area contributed by atoms with E-state index in [0.717, 1.165) is 6.07 Å². The number of aliphatic carboxylic acids is 1. The van der Waals surface area contributed by atoms with Crippen LogP contribution in [0.1, 0.15) is 25.7 Å². The van der Waals surface area contributed by atoms with Gasteiger partial charge in [-0.05, 0) is 25.0 Å². The Morgan fingerprint density at radius 1 is 0.957 bits per heavy atom. The summed E-state index contributed by atoms with van der Waals surface area (Å²) in [5.41, 5.74) is -0.537. The van der Waals surface area contributed by atoms with E-state index in [1.54, 1.807) is 0 Å². The Labute approximate surface area is 129 Å². The van der Waals surface area contributed by atoms with E-state index in [2.05, 4.69) is 5.32 Å². The second-order valence-electron chi connectivity index (χ2n) is 4.65. The van der Waals surface area contributed by atoms with E-state index in [4.69, 9.17) is 5.11 Å². The molecule has 0 unspecified atom stereocenters. The standard InChI is InChI=1S/C14H15F3N2O4/c15-8-5-6-9(14(17)13(8)16)19-11(21)7-18-10(20)3-1-2-4-12(22)23/h5-6H,1-4,7H2,(H,18,20)(H,19,21)(H,22,23). The van der Waals surface area contributed by atoms with Crippen LogP contribution in [0, 0.1) is 17.5 Å². The minimum Gasteiger partial charge on any atom is -0.481 e. The van der Waals surface area contributed by atoms with Gasteiger partial charge >= 0.3 is 5.97 Å². The lowest BCUT2D eigenvalue weighted by Crippen LogP contribution is -2.33. The van der Waals surface area contributed by atoms with Gasteiger partial charge in [-0.15, -0.1) is 0 Å². The molecular formula is C14H15F3N2O4. The number of amides is 2. The molecule has 0 saturated heterocycles. The average molecular weight is 332 g/mol. The summed E-state index contributed by atoms with van der Waals surface area (Å²) in [6, 6.07) is 1.52. The summed E-state index contributed by atoms with van der Waals surface area (Å²) in [4.78, 5) is 33.2. The summed E-state index contributed by atoms with van der Waals surface area (Å²) in [5.74, 6) is -6.86. The van der Waals surface area contributed by atoms with Crippen LogP contribution in [0.5, 0.6) is 0 Å². The third kappa shape index (κ3) is 6.37. The molecule has 1 aromatic carbocycles. The van der Waals surface area contributed by atoms with Crippen molar-refractivity contribution in [1.82, 2.24) is 5.32 Å². The molecule has 0 bridgehead atoms. The van der Waals surface area contributed by atoms with Crippen molar-refractivity contribution < 1.29 is 32.7 Å². The van der Waals surface area contributed by atoms with Crippen molar-refractivity contribution in [1.29, 1.82) is 0 Å². The highest BCUT2D eigenvalue weighted by atomic mass is 19.2. The van der Waals surface area contributed by atoms with Gasteiger partial charge < -0.3 is 15.7 Å². The highest BCUT2D eigenvalue weighted by Crippen LogP contribution is 2.19. The van der Waals surface area contributed by atoms with Gasteiger partial charge in [0, 0.05) is 12.8 Å². The van der Waals surface area contributed by atoms with Crippen molar-refractivity contribution in [3.8, 4) is 0 Å². The highest BCUT2D eigenvalue weighted by Gasteiger charge is 2.15. The maximum Gasteiger partial charge on any atom is 0.303 e. The van der Waals surface area contributed by atoms with Gasteiger partial charge in [-0.25, -0.2) is 13.2 Å². The fourth-order valence-electron chi connectivity index (χ4n) is 1.65. The molecule has 0 heterocycles. The lowest BCUT2D eigenvalue weighted by atomic mass is 10.2. The van der Waals surface area contributed by atoms with E-state index >= 15 is 0 Å². The van der Waals surface area contributed by atoms with Crippen molar-refractivity contribution in [2.45, 2.75) is 25.7 Å². The molecule has 2 amide bonds. The Balaban J connectivity index is 2.36. The zero-order chi connectivity index (χ0) is 17.4. The highest BCUT2D eigenvalue weighted by molar-refractivity contribution is 5.94.